The highest BCUT2D eigenvalue weighted by molar-refractivity contribution is 7.67. The van der Waals surface area contributed by atoms with Crippen LogP contribution in [-0.2, 0) is 15.3 Å². The van der Waals surface area contributed by atoms with Crippen LogP contribution in [0.2, 0.25) is 10.0 Å². The van der Waals surface area contributed by atoms with Crippen LogP contribution < -0.4 is 5.06 Å². The van der Waals surface area contributed by atoms with E-state index < -0.39 is 11.0 Å². The first-order chi connectivity index (χ1) is 8.38. The van der Waals surface area contributed by atoms with Crippen LogP contribution in [0.1, 0.15) is 23.7 Å². The van der Waals surface area contributed by atoms with Gasteiger partial charge in [0.05, 0.1) is 10.0 Å². The zero-order valence-electron chi connectivity index (χ0n) is 9.65. The van der Waals surface area contributed by atoms with E-state index in [9.17, 15) is 13.2 Å². The normalized spacial score (nSPS) is 10.7. The van der Waals surface area contributed by atoms with Crippen LogP contribution in [0, 0.1) is 0 Å². The Morgan fingerprint density at radius 3 is 2.50 bits per heavy atom. The van der Waals surface area contributed by atoms with Gasteiger partial charge < -0.3 is 0 Å². The van der Waals surface area contributed by atoms with Crippen molar-refractivity contribution in [2.24, 2.45) is 0 Å². The van der Waals surface area contributed by atoms with Crippen LogP contribution in [0.3, 0.4) is 0 Å². The summed E-state index contributed by atoms with van der Waals surface area (Å²) in [4.78, 5) is 11.6. The zero-order chi connectivity index (χ0) is 13.9. The molecule has 100 valence electrons. The number of benzene rings is 1. The summed E-state index contributed by atoms with van der Waals surface area (Å²) in [7, 11) is -1.76. The average Bonchev–Trinajstić information content (AvgIpc) is 2.27. The lowest BCUT2D eigenvalue weighted by molar-refractivity contribution is 0.0988. The van der Waals surface area contributed by atoms with Crippen LogP contribution in [0.4, 0.5) is 5.69 Å². The van der Waals surface area contributed by atoms with Crippen LogP contribution >= 0.6 is 23.2 Å². The van der Waals surface area contributed by atoms with Gasteiger partial charge in [0.15, 0.2) is 5.78 Å². The SMILES string of the molecule is CCC(=O)c1ccc(Cl)c(N(C)O[SH](=O)=O)c1Cl. The van der Waals surface area contributed by atoms with Gasteiger partial charge in [-0.3, -0.25) is 4.79 Å². The van der Waals surface area contributed by atoms with Gasteiger partial charge in [-0.05, 0) is 12.1 Å². The first-order valence-corrected chi connectivity index (χ1v) is 6.81. The van der Waals surface area contributed by atoms with Gasteiger partial charge in [0, 0.05) is 19.0 Å². The molecule has 0 fully saturated rings. The monoisotopic (exact) mass is 311 g/mol. The van der Waals surface area contributed by atoms with Gasteiger partial charge >= 0.3 is 0 Å². The lowest BCUT2D eigenvalue weighted by atomic mass is 10.1. The minimum Gasteiger partial charge on any atom is -0.294 e. The molecule has 0 N–H and O–H groups in total. The number of hydrogen-bond acceptors (Lipinski definition) is 5. The summed E-state index contributed by atoms with van der Waals surface area (Å²) >= 11 is 12.0. The molecule has 0 saturated heterocycles. The smallest absolute Gasteiger partial charge is 0.277 e. The molecule has 0 radical (unpaired) electrons. The van der Waals surface area contributed by atoms with Crippen LogP contribution in [0.25, 0.3) is 0 Å². The average molecular weight is 312 g/mol. The Hall–Kier alpha value is -0.820. The Morgan fingerprint density at radius 2 is 2.00 bits per heavy atom. The van der Waals surface area contributed by atoms with Crippen molar-refractivity contribution in [3.63, 3.8) is 0 Å². The number of carbonyl (C=O) groups is 1. The minimum absolute atomic E-state index is 0.0636. The standard InChI is InChI=1S/C10H11Cl2NO4S/c1-3-8(14)6-4-5-7(11)10(9(6)12)13(2)17-18(15)16/h4-5,18H,3H2,1-2H3. The van der Waals surface area contributed by atoms with Gasteiger partial charge in [-0.25, -0.2) is 13.5 Å². The second kappa shape index (κ2) is 6.38. The summed E-state index contributed by atoms with van der Waals surface area (Å²) in [5.74, 6) is -0.169. The zero-order valence-corrected chi connectivity index (χ0v) is 12.1. The predicted molar refractivity (Wildman–Crippen MR) is 70.9 cm³/mol. The summed E-state index contributed by atoms with van der Waals surface area (Å²) in [5, 5.41) is 1.16. The number of Topliss-reactive ketones (excluding diaryl/α,β-unsaturated/α-hetero) is 1. The van der Waals surface area contributed by atoms with Crippen molar-refractivity contribution in [3.05, 3.63) is 27.7 Å². The van der Waals surface area contributed by atoms with E-state index in [4.69, 9.17) is 23.2 Å². The minimum atomic E-state index is -3.09. The predicted octanol–water partition coefficient (Wildman–Crippen LogP) is 2.48. The Bertz CT molecular complexity index is 537. The summed E-state index contributed by atoms with van der Waals surface area (Å²) in [6.45, 7) is 1.70. The fourth-order valence-electron chi connectivity index (χ4n) is 1.38. The molecule has 0 aliphatic heterocycles. The second-order valence-corrected chi connectivity index (χ2v) is 4.73. The van der Waals surface area contributed by atoms with Crippen molar-refractivity contribution >= 4 is 45.7 Å². The molecule has 0 unspecified atom stereocenters. The Balaban J connectivity index is 3.30. The van der Waals surface area contributed by atoms with E-state index in [1.54, 1.807) is 6.92 Å². The number of anilines is 1. The Labute approximate surface area is 116 Å². The molecule has 18 heavy (non-hydrogen) atoms. The fourth-order valence-corrected chi connectivity index (χ4v) is 2.37. The lowest BCUT2D eigenvalue weighted by Crippen LogP contribution is -2.18. The molecule has 0 saturated carbocycles. The molecule has 0 spiro atoms. The van der Waals surface area contributed by atoms with Gasteiger partial charge in [0.1, 0.15) is 5.69 Å². The van der Waals surface area contributed by atoms with E-state index in [0.29, 0.717) is 0 Å². The number of carbonyl (C=O) groups excluding carboxylic acids is 1. The quantitative estimate of drug-likeness (QED) is 0.514. The third kappa shape index (κ3) is 3.35. The van der Waals surface area contributed by atoms with Crippen LogP contribution in [0.5, 0.6) is 0 Å². The maximum Gasteiger partial charge on any atom is 0.277 e. The van der Waals surface area contributed by atoms with Crippen molar-refractivity contribution in [3.8, 4) is 0 Å². The summed E-state index contributed by atoms with van der Waals surface area (Å²) in [6, 6.07) is 2.95. The van der Waals surface area contributed by atoms with E-state index >= 15 is 0 Å². The van der Waals surface area contributed by atoms with E-state index in [1.165, 1.54) is 19.2 Å². The summed E-state index contributed by atoms with van der Waals surface area (Å²) in [5.41, 5.74) is 0.409. The Kier molecular flexibility index (Phi) is 5.40. The Morgan fingerprint density at radius 1 is 1.39 bits per heavy atom. The molecule has 1 rings (SSSR count). The third-order valence-corrected chi connectivity index (χ3v) is 3.26. The maximum atomic E-state index is 11.6. The summed E-state index contributed by atoms with van der Waals surface area (Å²) < 4.78 is 25.5. The van der Waals surface area contributed by atoms with E-state index in [-0.39, 0.29) is 33.5 Å². The number of hydroxylamine groups is 1. The molecular formula is C10H11Cl2NO4S. The van der Waals surface area contributed by atoms with Crippen molar-refractivity contribution in [2.75, 3.05) is 12.1 Å². The molecule has 0 aliphatic carbocycles. The van der Waals surface area contributed by atoms with E-state index in [0.717, 1.165) is 5.06 Å². The molecule has 8 heteroatoms. The van der Waals surface area contributed by atoms with Crippen LogP contribution in [-0.4, -0.2) is 21.2 Å². The fraction of sp³-hybridized carbons (Fsp3) is 0.300. The van der Waals surface area contributed by atoms with Crippen molar-refractivity contribution < 1.29 is 17.5 Å². The number of rotatable bonds is 5. The molecule has 0 amide bonds. The van der Waals surface area contributed by atoms with E-state index in [1.807, 2.05) is 0 Å². The number of ketones is 1. The molecular weight excluding hydrogens is 301 g/mol. The van der Waals surface area contributed by atoms with Crippen LogP contribution in [0.15, 0.2) is 12.1 Å². The largest absolute Gasteiger partial charge is 0.294 e. The first kappa shape index (κ1) is 15.2. The third-order valence-electron chi connectivity index (χ3n) is 2.19. The van der Waals surface area contributed by atoms with Gasteiger partial charge in [0.25, 0.3) is 11.0 Å². The molecule has 0 atom stereocenters. The second-order valence-electron chi connectivity index (χ2n) is 3.34. The number of nitrogens with zero attached hydrogens (tertiary/aromatic N) is 1. The molecule has 0 heterocycles. The highest BCUT2D eigenvalue weighted by Crippen LogP contribution is 2.36. The number of hydrogen-bond donors (Lipinski definition) is 1. The lowest BCUT2D eigenvalue weighted by Gasteiger charge is -2.18. The van der Waals surface area contributed by atoms with Crippen molar-refractivity contribution in [2.45, 2.75) is 13.3 Å². The van der Waals surface area contributed by atoms with Gasteiger partial charge in [0.2, 0.25) is 0 Å². The van der Waals surface area contributed by atoms with Crippen molar-refractivity contribution in [1.29, 1.82) is 0 Å². The van der Waals surface area contributed by atoms with E-state index in [2.05, 4.69) is 4.28 Å². The van der Waals surface area contributed by atoms with Crippen molar-refractivity contribution in [1.82, 2.24) is 0 Å². The molecule has 1 aromatic carbocycles. The first-order valence-electron chi connectivity index (χ1n) is 4.95. The number of thiol groups is 1. The van der Waals surface area contributed by atoms with Gasteiger partial charge in [-0.2, -0.15) is 4.28 Å². The topological polar surface area (TPSA) is 63.7 Å². The molecule has 5 nitrogen and oxygen atoms in total. The van der Waals surface area contributed by atoms with Gasteiger partial charge in [-0.15, -0.1) is 0 Å². The number of halogens is 2. The molecule has 1 aromatic rings. The highest BCUT2D eigenvalue weighted by atomic mass is 35.5. The molecule has 0 aliphatic rings. The maximum absolute atomic E-state index is 11.6. The summed E-state index contributed by atoms with van der Waals surface area (Å²) in [6.07, 6.45) is 0.279. The van der Waals surface area contributed by atoms with Gasteiger partial charge in [-0.1, -0.05) is 30.1 Å². The molecule has 0 bridgehead atoms. The molecule has 0 aromatic heterocycles. The highest BCUT2D eigenvalue weighted by Gasteiger charge is 2.19.